The molecule has 0 radical (unpaired) electrons. The van der Waals surface area contributed by atoms with Gasteiger partial charge in [0, 0.05) is 36.0 Å². The van der Waals surface area contributed by atoms with Gasteiger partial charge in [-0.15, -0.1) is 24.0 Å². The second-order valence-electron chi connectivity index (χ2n) is 5.96. The molecule has 3 N–H and O–H groups in total. The van der Waals surface area contributed by atoms with Gasteiger partial charge in [-0.2, -0.15) is 11.8 Å². The summed E-state index contributed by atoms with van der Waals surface area (Å²) in [7, 11) is 0. The maximum atomic E-state index is 5.97. The lowest BCUT2D eigenvalue weighted by Gasteiger charge is -2.28. The Bertz CT molecular complexity index is 680. The molecule has 0 spiro atoms. The zero-order valence-electron chi connectivity index (χ0n) is 14.4. The number of benzene rings is 2. The number of aliphatic imine (C=N–C) groups is 1. The molecule has 0 saturated carbocycles. The zero-order chi connectivity index (χ0) is 16.8. The van der Waals surface area contributed by atoms with Crippen molar-refractivity contribution >= 4 is 53.1 Å². The van der Waals surface area contributed by atoms with Crippen molar-refractivity contribution in [3.8, 4) is 0 Å². The fraction of sp³-hybridized carbons (Fsp3) is 0.316. The first-order chi connectivity index (χ1) is 11.7. The third kappa shape index (κ3) is 6.11. The number of aryl methyl sites for hydroxylation is 1. The second kappa shape index (κ2) is 9.91. The third-order valence-electron chi connectivity index (χ3n) is 4.07. The van der Waals surface area contributed by atoms with E-state index >= 15 is 0 Å². The number of anilines is 2. The quantitative estimate of drug-likeness (QED) is 0.403. The van der Waals surface area contributed by atoms with E-state index in [0.29, 0.717) is 12.5 Å². The highest BCUT2D eigenvalue weighted by atomic mass is 127. The van der Waals surface area contributed by atoms with Crippen molar-refractivity contribution in [3.63, 3.8) is 0 Å². The van der Waals surface area contributed by atoms with Crippen molar-refractivity contribution in [1.82, 2.24) is 0 Å². The van der Waals surface area contributed by atoms with E-state index in [2.05, 4.69) is 46.4 Å². The molecule has 1 saturated heterocycles. The standard InChI is InChI=1S/C19H24N4S.HI/c1-15-2-6-17(7-3-15)22-19(20)21-14-16-4-8-18(9-5-16)23-10-12-24-13-11-23;/h2-9H,10-14H2,1H3,(H3,20,21,22);1H. The van der Waals surface area contributed by atoms with Crippen LogP contribution in [0.5, 0.6) is 0 Å². The Hall–Kier alpha value is -1.41. The minimum absolute atomic E-state index is 0. The molecule has 0 atom stereocenters. The summed E-state index contributed by atoms with van der Waals surface area (Å²) in [6.45, 7) is 4.92. The predicted molar refractivity (Wildman–Crippen MR) is 122 cm³/mol. The van der Waals surface area contributed by atoms with E-state index < -0.39 is 0 Å². The van der Waals surface area contributed by atoms with E-state index in [1.54, 1.807) is 0 Å². The number of nitrogens with zero attached hydrogens (tertiary/aromatic N) is 2. The smallest absolute Gasteiger partial charge is 0.193 e. The summed E-state index contributed by atoms with van der Waals surface area (Å²) in [5, 5.41) is 3.12. The monoisotopic (exact) mass is 468 g/mol. The molecule has 3 rings (SSSR count). The van der Waals surface area contributed by atoms with E-state index in [1.807, 2.05) is 36.0 Å². The Morgan fingerprint density at radius 3 is 2.36 bits per heavy atom. The van der Waals surface area contributed by atoms with Crippen LogP contribution in [0.25, 0.3) is 0 Å². The molecule has 6 heteroatoms. The molecule has 0 unspecified atom stereocenters. The summed E-state index contributed by atoms with van der Waals surface area (Å²) in [4.78, 5) is 6.86. The molecule has 1 aliphatic heterocycles. The molecule has 25 heavy (non-hydrogen) atoms. The number of guanidine groups is 1. The largest absolute Gasteiger partial charge is 0.370 e. The van der Waals surface area contributed by atoms with Gasteiger partial charge in [0.2, 0.25) is 0 Å². The lowest BCUT2D eigenvalue weighted by atomic mass is 10.2. The van der Waals surface area contributed by atoms with Gasteiger partial charge in [0.25, 0.3) is 0 Å². The Kier molecular flexibility index (Phi) is 7.90. The van der Waals surface area contributed by atoms with Crippen LogP contribution in [0, 0.1) is 6.92 Å². The SMILES string of the molecule is Cc1ccc(NC(N)=NCc2ccc(N3CCSCC3)cc2)cc1.I. The van der Waals surface area contributed by atoms with Crippen molar-refractivity contribution in [3.05, 3.63) is 59.7 Å². The second-order valence-corrected chi connectivity index (χ2v) is 7.18. The average molecular weight is 468 g/mol. The first-order valence-electron chi connectivity index (χ1n) is 8.26. The third-order valence-corrected chi connectivity index (χ3v) is 5.01. The van der Waals surface area contributed by atoms with Crippen LogP contribution < -0.4 is 16.0 Å². The zero-order valence-corrected chi connectivity index (χ0v) is 17.6. The van der Waals surface area contributed by atoms with Crippen LogP contribution in [-0.2, 0) is 6.54 Å². The highest BCUT2D eigenvalue weighted by Crippen LogP contribution is 2.20. The van der Waals surface area contributed by atoms with Gasteiger partial charge in [-0.3, -0.25) is 0 Å². The summed E-state index contributed by atoms with van der Waals surface area (Å²) in [6.07, 6.45) is 0. The summed E-state index contributed by atoms with van der Waals surface area (Å²) in [5.74, 6) is 2.87. The molecular weight excluding hydrogens is 443 g/mol. The summed E-state index contributed by atoms with van der Waals surface area (Å²) in [5.41, 5.74) is 10.6. The molecule has 2 aromatic rings. The number of thioether (sulfide) groups is 1. The molecule has 2 aromatic carbocycles. The number of hydrogen-bond donors (Lipinski definition) is 2. The van der Waals surface area contributed by atoms with Gasteiger partial charge in [0.1, 0.15) is 0 Å². The summed E-state index contributed by atoms with van der Waals surface area (Å²) < 4.78 is 0. The highest BCUT2D eigenvalue weighted by Gasteiger charge is 2.10. The van der Waals surface area contributed by atoms with Crippen LogP contribution in [0.15, 0.2) is 53.5 Å². The van der Waals surface area contributed by atoms with Crippen LogP contribution in [0.3, 0.4) is 0 Å². The first kappa shape index (κ1) is 19.9. The minimum atomic E-state index is 0. The molecule has 0 bridgehead atoms. The normalized spacial score (nSPS) is 14.8. The fourth-order valence-electron chi connectivity index (χ4n) is 2.63. The van der Waals surface area contributed by atoms with Gasteiger partial charge < -0.3 is 16.0 Å². The van der Waals surface area contributed by atoms with E-state index in [9.17, 15) is 0 Å². The lowest BCUT2D eigenvalue weighted by Crippen LogP contribution is -2.32. The number of nitrogens with one attached hydrogen (secondary N) is 1. The first-order valence-corrected chi connectivity index (χ1v) is 9.41. The Morgan fingerprint density at radius 1 is 1.08 bits per heavy atom. The van der Waals surface area contributed by atoms with Gasteiger partial charge >= 0.3 is 0 Å². The van der Waals surface area contributed by atoms with Crippen LogP contribution in [0.1, 0.15) is 11.1 Å². The van der Waals surface area contributed by atoms with Crippen LogP contribution in [0.4, 0.5) is 11.4 Å². The van der Waals surface area contributed by atoms with Crippen molar-refractivity contribution in [2.45, 2.75) is 13.5 Å². The highest BCUT2D eigenvalue weighted by molar-refractivity contribution is 14.0. The van der Waals surface area contributed by atoms with Gasteiger partial charge in [-0.05, 0) is 36.8 Å². The Balaban J connectivity index is 0.00000225. The average Bonchev–Trinajstić information content (AvgIpc) is 2.63. The van der Waals surface area contributed by atoms with Gasteiger partial charge in [0.15, 0.2) is 5.96 Å². The number of halogens is 1. The maximum absolute atomic E-state index is 5.97. The molecule has 1 fully saturated rings. The van der Waals surface area contributed by atoms with E-state index in [1.165, 1.54) is 28.3 Å². The molecular formula is C19H25IN4S. The van der Waals surface area contributed by atoms with Crippen molar-refractivity contribution in [2.75, 3.05) is 34.8 Å². The van der Waals surface area contributed by atoms with E-state index in [0.717, 1.165) is 18.8 Å². The van der Waals surface area contributed by atoms with Crippen LogP contribution in [-0.4, -0.2) is 30.6 Å². The van der Waals surface area contributed by atoms with Gasteiger partial charge in [-0.1, -0.05) is 29.8 Å². The molecule has 134 valence electrons. The van der Waals surface area contributed by atoms with Gasteiger partial charge in [-0.25, -0.2) is 4.99 Å². The lowest BCUT2D eigenvalue weighted by molar-refractivity contribution is 0.858. The van der Waals surface area contributed by atoms with Crippen LogP contribution >= 0.6 is 35.7 Å². The summed E-state index contributed by atoms with van der Waals surface area (Å²) in [6, 6.07) is 16.8. The summed E-state index contributed by atoms with van der Waals surface area (Å²) >= 11 is 2.03. The number of rotatable bonds is 4. The minimum Gasteiger partial charge on any atom is -0.370 e. The van der Waals surface area contributed by atoms with E-state index in [-0.39, 0.29) is 24.0 Å². The molecule has 1 aliphatic rings. The number of hydrogen-bond acceptors (Lipinski definition) is 3. The molecule has 0 amide bonds. The van der Waals surface area contributed by atoms with Crippen molar-refractivity contribution in [2.24, 2.45) is 10.7 Å². The molecule has 0 aromatic heterocycles. The van der Waals surface area contributed by atoms with E-state index in [4.69, 9.17) is 5.73 Å². The molecule has 1 heterocycles. The van der Waals surface area contributed by atoms with Crippen molar-refractivity contribution < 1.29 is 0 Å². The molecule has 0 aliphatic carbocycles. The van der Waals surface area contributed by atoms with Crippen LogP contribution in [0.2, 0.25) is 0 Å². The van der Waals surface area contributed by atoms with Crippen molar-refractivity contribution in [1.29, 1.82) is 0 Å². The Labute approximate surface area is 171 Å². The fourth-order valence-corrected chi connectivity index (χ4v) is 3.54. The van der Waals surface area contributed by atoms with Gasteiger partial charge in [0.05, 0.1) is 6.54 Å². The maximum Gasteiger partial charge on any atom is 0.193 e. The molecule has 4 nitrogen and oxygen atoms in total. The number of nitrogens with two attached hydrogens (primary N) is 1. The topological polar surface area (TPSA) is 53.6 Å². The predicted octanol–water partition coefficient (Wildman–Crippen LogP) is 4.09. The Morgan fingerprint density at radius 2 is 1.72 bits per heavy atom.